The van der Waals surface area contributed by atoms with Gasteiger partial charge in [-0.05, 0) is 50.7 Å². The minimum absolute atomic E-state index is 0.0689. The number of rotatable bonds is 9. The lowest BCUT2D eigenvalue weighted by Gasteiger charge is -2.34. The molecule has 0 spiro atoms. The van der Waals surface area contributed by atoms with Crippen molar-refractivity contribution in [1.82, 2.24) is 9.47 Å². The van der Waals surface area contributed by atoms with E-state index in [0.717, 1.165) is 43.2 Å². The van der Waals surface area contributed by atoms with Crippen LogP contribution in [0.1, 0.15) is 31.0 Å². The molecule has 0 N–H and O–H groups in total. The number of benzene rings is 2. The van der Waals surface area contributed by atoms with Gasteiger partial charge in [-0.25, -0.2) is 9.79 Å². The molecule has 3 aromatic rings. The zero-order chi connectivity index (χ0) is 30.7. The van der Waals surface area contributed by atoms with E-state index in [-0.39, 0.29) is 16.8 Å². The van der Waals surface area contributed by atoms with Crippen molar-refractivity contribution in [2.24, 2.45) is 4.99 Å². The Kier molecular flexibility index (Phi) is 8.92. The number of hydrogen-bond donors (Lipinski definition) is 0. The molecule has 0 aliphatic carbocycles. The first-order valence-corrected chi connectivity index (χ1v) is 14.8. The van der Waals surface area contributed by atoms with Crippen LogP contribution >= 0.6 is 11.3 Å². The lowest BCUT2D eigenvalue weighted by Crippen LogP contribution is -2.44. The van der Waals surface area contributed by atoms with Gasteiger partial charge in [0, 0.05) is 55.8 Å². The van der Waals surface area contributed by atoms with E-state index in [0.29, 0.717) is 45.2 Å². The van der Waals surface area contributed by atoms with Crippen LogP contribution in [0.5, 0.6) is 11.5 Å². The number of carbonyl (C=O) groups excluding carboxylic acids is 1. The van der Waals surface area contributed by atoms with Crippen molar-refractivity contribution in [1.29, 1.82) is 0 Å². The number of likely N-dealkylation sites (N-methyl/N-ethyl adjacent to an activating group) is 1. The number of anilines is 1. The van der Waals surface area contributed by atoms with Crippen LogP contribution in [0.15, 0.2) is 58.0 Å². The topological polar surface area (TPSA) is 129 Å². The van der Waals surface area contributed by atoms with Gasteiger partial charge in [0.15, 0.2) is 16.3 Å². The molecule has 0 unspecified atom stereocenters. The van der Waals surface area contributed by atoms with Crippen LogP contribution in [0.25, 0.3) is 6.08 Å². The maximum absolute atomic E-state index is 14.1. The standard InChI is InChI=1S/C30H33N5O7S/c1-5-41-24-10-7-19(16-25(24)42-6-2)27-22(29(37)40-4)18-31-30-34(27)28(36)26(43-30)17-20-15-21(35(38)39)8-9-23(20)33-13-11-32(3)12-14-33/h7-10,15-18,27H,5-6,11-14H2,1-4H3/b26-17-/t27-/m1/s1. The highest BCUT2D eigenvalue weighted by molar-refractivity contribution is 7.07. The van der Waals surface area contributed by atoms with Crippen molar-refractivity contribution in [2.75, 3.05) is 58.5 Å². The number of hydrogen-bond acceptors (Lipinski definition) is 11. The van der Waals surface area contributed by atoms with E-state index >= 15 is 0 Å². The number of nitro benzene ring substituents is 1. The third-order valence-electron chi connectivity index (χ3n) is 7.36. The predicted molar refractivity (Wildman–Crippen MR) is 163 cm³/mol. The van der Waals surface area contributed by atoms with E-state index in [2.05, 4.69) is 21.8 Å². The van der Waals surface area contributed by atoms with Crippen molar-refractivity contribution in [3.8, 4) is 11.5 Å². The van der Waals surface area contributed by atoms with E-state index in [4.69, 9.17) is 14.2 Å². The molecule has 0 saturated carbocycles. The molecule has 1 atom stereocenters. The Labute approximate surface area is 251 Å². The Morgan fingerprint density at radius 2 is 1.81 bits per heavy atom. The Bertz CT molecular complexity index is 1750. The molecule has 43 heavy (non-hydrogen) atoms. The zero-order valence-electron chi connectivity index (χ0n) is 24.4. The van der Waals surface area contributed by atoms with E-state index in [1.165, 1.54) is 30.0 Å². The molecule has 13 heteroatoms. The zero-order valence-corrected chi connectivity index (χ0v) is 25.3. The van der Waals surface area contributed by atoms with Gasteiger partial charge in [0.05, 0.1) is 41.4 Å². The summed E-state index contributed by atoms with van der Waals surface area (Å²) in [5, 5.41) is 11.7. The number of esters is 1. The average Bonchev–Trinajstić information content (AvgIpc) is 3.32. The van der Waals surface area contributed by atoms with Gasteiger partial charge in [0.2, 0.25) is 0 Å². The maximum atomic E-state index is 14.1. The third kappa shape index (κ3) is 6.04. The van der Waals surface area contributed by atoms with Crippen LogP contribution in [0.2, 0.25) is 0 Å². The molecule has 2 aliphatic rings. The van der Waals surface area contributed by atoms with Crippen LogP contribution in [0.3, 0.4) is 0 Å². The fourth-order valence-corrected chi connectivity index (χ4v) is 6.20. The Balaban J connectivity index is 1.67. The van der Waals surface area contributed by atoms with E-state index in [1.807, 2.05) is 13.8 Å². The average molecular weight is 608 g/mol. The number of methoxy groups -OCH3 is 1. The summed E-state index contributed by atoms with van der Waals surface area (Å²) in [4.78, 5) is 47.4. The summed E-state index contributed by atoms with van der Waals surface area (Å²) in [6.07, 6.45) is 3.10. The molecular formula is C30H33N5O7S. The van der Waals surface area contributed by atoms with Crippen molar-refractivity contribution >= 4 is 34.8 Å². The SMILES string of the molecule is CCOc1ccc([C@@H]2C(C(=O)OC)=CN=c3s/c(=C\c4cc([N+](=O)[O-])ccc4N4CCN(C)CC4)c(=O)n32)cc1OCC. The summed E-state index contributed by atoms with van der Waals surface area (Å²) in [5.74, 6) is 0.413. The molecule has 3 heterocycles. The lowest BCUT2D eigenvalue weighted by atomic mass is 9.97. The second-order valence-corrected chi connectivity index (χ2v) is 11.0. The molecule has 0 amide bonds. The van der Waals surface area contributed by atoms with Gasteiger partial charge < -0.3 is 24.0 Å². The van der Waals surface area contributed by atoms with Crippen LogP contribution in [0, 0.1) is 10.1 Å². The number of carbonyl (C=O) groups is 1. The summed E-state index contributed by atoms with van der Waals surface area (Å²) < 4.78 is 18.4. The number of nitro groups is 1. The lowest BCUT2D eigenvalue weighted by molar-refractivity contribution is -0.384. The largest absolute Gasteiger partial charge is 0.490 e. The van der Waals surface area contributed by atoms with Gasteiger partial charge in [-0.15, -0.1) is 0 Å². The van der Waals surface area contributed by atoms with Crippen molar-refractivity contribution in [3.05, 3.63) is 89.1 Å². The number of piperazine rings is 1. The molecule has 5 rings (SSSR count). The highest BCUT2D eigenvalue weighted by Crippen LogP contribution is 2.35. The summed E-state index contributed by atoms with van der Waals surface area (Å²) in [7, 11) is 3.33. The van der Waals surface area contributed by atoms with Crippen LogP contribution in [-0.4, -0.2) is 73.9 Å². The van der Waals surface area contributed by atoms with E-state index in [1.54, 1.807) is 30.3 Å². The highest BCUT2D eigenvalue weighted by atomic mass is 32.1. The molecule has 2 aromatic carbocycles. The number of thiazole rings is 1. The van der Waals surface area contributed by atoms with Gasteiger partial charge >= 0.3 is 5.97 Å². The highest BCUT2D eigenvalue weighted by Gasteiger charge is 2.31. The van der Waals surface area contributed by atoms with Crippen LogP contribution < -0.4 is 29.3 Å². The normalized spacial score (nSPS) is 17.1. The number of fused-ring (bicyclic) bond motifs is 1. The second kappa shape index (κ2) is 12.8. The molecule has 1 saturated heterocycles. The number of nitrogens with zero attached hydrogens (tertiary/aromatic N) is 5. The first kappa shape index (κ1) is 30.0. The van der Waals surface area contributed by atoms with Crippen molar-refractivity contribution < 1.29 is 23.9 Å². The molecule has 1 aromatic heterocycles. The molecule has 0 bridgehead atoms. The van der Waals surface area contributed by atoms with E-state index < -0.39 is 16.9 Å². The van der Waals surface area contributed by atoms with Gasteiger partial charge in [0.1, 0.15) is 0 Å². The smallest absolute Gasteiger partial charge is 0.337 e. The number of ether oxygens (including phenoxy) is 3. The maximum Gasteiger partial charge on any atom is 0.337 e. The minimum atomic E-state index is -0.844. The Hall–Kier alpha value is -4.49. The first-order chi connectivity index (χ1) is 20.7. The van der Waals surface area contributed by atoms with Crippen molar-refractivity contribution in [3.63, 3.8) is 0 Å². The molecule has 226 valence electrons. The Morgan fingerprint density at radius 3 is 2.49 bits per heavy atom. The molecule has 12 nitrogen and oxygen atoms in total. The number of aromatic nitrogens is 1. The van der Waals surface area contributed by atoms with E-state index in [9.17, 15) is 19.7 Å². The van der Waals surface area contributed by atoms with Gasteiger partial charge in [0.25, 0.3) is 11.2 Å². The number of non-ortho nitro benzene ring substituents is 1. The monoisotopic (exact) mass is 607 g/mol. The summed E-state index contributed by atoms with van der Waals surface area (Å²) in [6, 6.07) is 9.15. The summed E-state index contributed by atoms with van der Waals surface area (Å²) in [5.41, 5.74) is 1.71. The third-order valence-corrected chi connectivity index (χ3v) is 8.36. The predicted octanol–water partition coefficient (Wildman–Crippen LogP) is 2.48. The summed E-state index contributed by atoms with van der Waals surface area (Å²) in [6.45, 7) is 7.76. The van der Waals surface area contributed by atoms with Gasteiger partial charge in [-0.3, -0.25) is 19.5 Å². The van der Waals surface area contributed by atoms with Crippen LogP contribution in [0.4, 0.5) is 11.4 Å². The fraction of sp³-hybridized carbons (Fsp3) is 0.367. The molecular weight excluding hydrogens is 574 g/mol. The fourth-order valence-electron chi connectivity index (χ4n) is 5.23. The van der Waals surface area contributed by atoms with Gasteiger partial charge in [-0.1, -0.05) is 17.4 Å². The first-order valence-electron chi connectivity index (χ1n) is 14.0. The molecule has 0 radical (unpaired) electrons. The minimum Gasteiger partial charge on any atom is -0.490 e. The summed E-state index contributed by atoms with van der Waals surface area (Å²) >= 11 is 1.15. The van der Waals surface area contributed by atoms with Crippen LogP contribution in [-0.2, 0) is 9.53 Å². The Morgan fingerprint density at radius 1 is 1.09 bits per heavy atom. The van der Waals surface area contributed by atoms with Crippen molar-refractivity contribution in [2.45, 2.75) is 19.9 Å². The quantitative estimate of drug-likeness (QED) is 0.205. The molecule has 1 fully saturated rings. The second-order valence-electron chi connectivity index (χ2n) is 10.0. The van der Waals surface area contributed by atoms with Gasteiger partial charge in [-0.2, -0.15) is 0 Å². The molecule has 2 aliphatic heterocycles.